The summed E-state index contributed by atoms with van der Waals surface area (Å²) < 4.78 is 38.2. The molecule has 108 valence electrons. The van der Waals surface area contributed by atoms with Gasteiger partial charge in [0, 0.05) is 0 Å². The second-order valence-electron chi connectivity index (χ2n) is 3.89. The predicted molar refractivity (Wildman–Crippen MR) is 70.0 cm³/mol. The largest absolute Gasteiger partial charge is 0.416 e. The molecule has 0 spiro atoms. The van der Waals surface area contributed by atoms with Crippen molar-refractivity contribution in [3.63, 3.8) is 0 Å². The van der Waals surface area contributed by atoms with Gasteiger partial charge >= 0.3 is 6.18 Å². The maximum atomic E-state index is 12.7. The van der Waals surface area contributed by atoms with Crippen molar-refractivity contribution in [3.8, 4) is 0 Å². The van der Waals surface area contributed by atoms with Gasteiger partial charge in [0.15, 0.2) is 5.96 Å². The van der Waals surface area contributed by atoms with Gasteiger partial charge in [0.25, 0.3) is 0 Å². The zero-order valence-electron chi connectivity index (χ0n) is 10.6. The molecule has 0 heterocycles. The Hall–Kier alpha value is -2.31. The maximum Gasteiger partial charge on any atom is 0.416 e. The summed E-state index contributed by atoms with van der Waals surface area (Å²) in [5, 5.41) is 2.22. The topological polar surface area (TPSA) is 67.5 Å². The molecule has 20 heavy (non-hydrogen) atoms. The number of aliphatic imine (C=N–C) groups is 1. The van der Waals surface area contributed by atoms with Crippen LogP contribution in [0.2, 0.25) is 0 Å². The van der Waals surface area contributed by atoms with Crippen molar-refractivity contribution in [3.05, 3.63) is 48.0 Å². The average Bonchev–Trinajstić information content (AvgIpc) is 2.35. The number of carbonyl (C=O) groups is 1. The standard InChI is InChI=1S/C13H14F3N3O/c1-2-7-18-12(17)19-11(20)8-9-5-3-4-6-10(9)13(14,15)16/h2-6H,1,7-8H2,(H3,17,18,19,20). The van der Waals surface area contributed by atoms with Gasteiger partial charge in [0.1, 0.15) is 0 Å². The van der Waals surface area contributed by atoms with Crippen LogP contribution in [0.4, 0.5) is 13.2 Å². The summed E-state index contributed by atoms with van der Waals surface area (Å²) >= 11 is 0. The molecule has 0 radical (unpaired) electrons. The van der Waals surface area contributed by atoms with E-state index in [-0.39, 0.29) is 18.1 Å². The van der Waals surface area contributed by atoms with Crippen LogP contribution in [-0.4, -0.2) is 18.4 Å². The highest BCUT2D eigenvalue weighted by molar-refractivity contribution is 5.97. The van der Waals surface area contributed by atoms with Crippen molar-refractivity contribution in [1.29, 1.82) is 0 Å². The van der Waals surface area contributed by atoms with Crippen LogP contribution >= 0.6 is 0 Å². The summed E-state index contributed by atoms with van der Waals surface area (Å²) in [5.74, 6) is -0.814. The second-order valence-corrected chi connectivity index (χ2v) is 3.89. The van der Waals surface area contributed by atoms with Crippen LogP contribution in [0.5, 0.6) is 0 Å². The Kier molecular flexibility index (Phi) is 5.31. The summed E-state index contributed by atoms with van der Waals surface area (Å²) in [6.07, 6.45) is -3.46. The van der Waals surface area contributed by atoms with Crippen molar-refractivity contribution in [1.82, 2.24) is 5.32 Å². The fourth-order valence-corrected chi connectivity index (χ4v) is 1.51. The first-order chi connectivity index (χ1) is 9.34. The van der Waals surface area contributed by atoms with E-state index in [1.54, 1.807) is 0 Å². The fourth-order valence-electron chi connectivity index (χ4n) is 1.51. The van der Waals surface area contributed by atoms with Crippen molar-refractivity contribution in [2.75, 3.05) is 6.54 Å². The molecule has 1 aromatic rings. The van der Waals surface area contributed by atoms with Crippen LogP contribution in [0.1, 0.15) is 11.1 Å². The van der Waals surface area contributed by atoms with Crippen molar-refractivity contribution in [2.24, 2.45) is 10.7 Å². The van der Waals surface area contributed by atoms with Crippen LogP contribution < -0.4 is 11.1 Å². The summed E-state index contributed by atoms with van der Waals surface area (Å²) in [4.78, 5) is 15.3. The van der Waals surface area contributed by atoms with Crippen molar-refractivity contribution >= 4 is 11.9 Å². The van der Waals surface area contributed by atoms with Gasteiger partial charge in [0.05, 0.1) is 18.5 Å². The van der Waals surface area contributed by atoms with E-state index >= 15 is 0 Å². The summed E-state index contributed by atoms with van der Waals surface area (Å²) in [5.41, 5.74) is 4.43. The number of hydrogen-bond donors (Lipinski definition) is 2. The first-order valence-corrected chi connectivity index (χ1v) is 5.70. The molecule has 0 aliphatic heterocycles. The molecule has 0 fully saturated rings. The van der Waals surface area contributed by atoms with Crippen LogP contribution in [0.15, 0.2) is 41.9 Å². The molecule has 0 saturated heterocycles. The van der Waals surface area contributed by atoms with E-state index in [1.165, 1.54) is 24.3 Å². The molecule has 0 aromatic heterocycles. The normalized spacial score (nSPS) is 12.1. The Bertz CT molecular complexity index is 524. The van der Waals surface area contributed by atoms with E-state index in [1.807, 2.05) is 0 Å². The molecule has 7 heteroatoms. The highest BCUT2D eigenvalue weighted by atomic mass is 19.4. The zero-order valence-corrected chi connectivity index (χ0v) is 10.6. The van der Waals surface area contributed by atoms with Crippen LogP contribution in [0.3, 0.4) is 0 Å². The molecular formula is C13H14F3N3O. The van der Waals surface area contributed by atoms with Gasteiger partial charge in [-0.25, -0.2) is 4.99 Å². The van der Waals surface area contributed by atoms with Gasteiger partial charge in [-0.15, -0.1) is 6.58 Å². The van der Waals surface area contributed by atoms with Gasteiger partial charge in [-0.05, 0) is 11.6 Å². The number of halogens is 3. The number of rotatable bonds is 4. The average molecular weight is 285 g/mol. The molecule has 0 saturated carbocycles. The Labute approximate surface area is 114 Å². The fraction of sp³-hybridized carbons (Fsp3) is 0.231. The third kappa shape index (κ3) is 4.75. The molecule has 4 nitrogen and oxygen atoms in total. The summed E-state index contributed by atoms with van der Waals surface area (Å²) in [7, 11) is 0. The number of amides is 1. The third-order valence-corrected chi connectivity index (χ3v) is 2.33. The third-order valence-electron chi connectivity index (χ3n) is 2.33. The lowest BCUT2D eigenvalue weighted by molar-refractivity contribution is -0.138. The van der Waals surface area contributed by atoms with E-state index < -0.39 is 24.1 Å². The Morgan fingerprint density at radius 1 is 1.40 bits per heavy atom. The lowest BCUT2D eigenvalue weighted by atomic mass is 10.0. The highest BCUT2D eigenvalue weighted by Crippen LogP contribution is 2.31. The summed E-state index contributed by atoms with van der Waals surface area (Å²) in [6.45, 7) is 3.63. The van der Waals surface area contributed by atoms with Gasteiger partial charge in [-0.1, -0.05) is 24.3 Å². The molecule has 1 aromatic carbocycles. The lowest BCUT2D eigenvalue weighted by Crippen LogP contribution is -2.38. The molecular weight excluding hydrogens is 271 g/mol. The monoisotopic (exact) mass is 285 g/mol. The minimum atomic E-state index is -4.50. The molecule has 0 atom stereocenters. The number of guanidine groups is 1. The van der Waals surface area contributed by atoms with Crippen LogP contribution in [-0.2, 0) is 17.4 Å². The SMILES string of the molecule is C=CCN=C(N)NC(=O)Cc1ccccc1C(F)(F)F. The van der Waals surface area contributed by atoms with E-state index in [0.717, 1.165) is 6.07 Å². The zero-order chi connectivity index (χ0) is 15.2. The van der Waals surface area contributed by atoms with Gasteiger partial charge in [-0.3, -0.25) is 10.1 Å². The summed E-state index contributed by atoms with van der Waals surface area (Å²) in [6, 6.07) is 4.88. The number of nitrogens with two attached hydrogens (primary N) is 1. The Balaban J connectivity index is 2.79. The van der Waals surface area contributed by atoms with Crippen LogP contribution in [0.25, 0.3) is 0 Å². The highest BCUT2D eigenvalue weighted by Gasteiger charge is 2.33. The van der Waals surface area contributed by atoms with Crippen molar-refractivity contribution in [2.45, 2.75) is 12.6 Å². The van der Waals surface area contributed by atoms with Gasteiger partial charge in [0.2, 0.25) is 5.91 Å². The second kappa shape index (κ2) is 6.74. The number of alkyl halides is 3. The van der Waals surface area contributed by atoms with E-state index in [9.17, 15) is 18.0 Å². The number of benzene rings is 1. The predicted octanol–water partition coefficient (Wildman–Crippen LogP) is 1.86. The molecule has 0 unspecified atom stereocenters. The first kappa shape index (κ1) is 15.7. The molecule has 0 bridgehead atoms. The van der Waals surface area contributed by atoms with E-state index in [0.29, 0.717) is 0 Å². The smallest absolute Gasteiger partial charge is 0.370 e. The number of nitrogens with zero attached hydrogens (tertiary/aromatic N) is 1. The molecule has 1 amide bonds. The van der Waals surface area contributed by atoms with Gasteiger partial charge in [-0.2, -0.15) is 13.2 Å². The maximum absolute atomic E-state index is 12.7. The minimum Gasteiger partial charge on any atom is -0.370 e. The minimum absolute atomic E-state index is 0.117. The first-order valence-electron chi connectivity index (χ1n) is 5.70. The Morgan fingerprint density at radius 3 is 2.65 bits per heavy atom. The molecule has 0 aliphatic carbocycles. The van der Waals surface area contributed by atoms with Crippen molar-refractivity contribution < 1.29 is 18.0 Å². The number of nitrogens with one attached hydrogen (secondary N) is 1. The molecule has 0 aliphatic rings. The Morgan fingerprint density at radius 2 is 2.05 bits per heavy atom. The number of hydrogen-bond acceptors (Lipinski definition) is 2. The van der Waals surface area contributed by atoms with Gasteiger partial charge < -0.3 is 5.73 Å². The lowest BCUT2D eigenvalue weighted by Gasteiger charge is -2.12. The van der Waals surface area contributed by atoms with Crippen LogP contribution in [0, 0.1) is 0 Å². The molecule has 1 rings (SSSR count). The van der Waals surface area contributed by atoms with E-state index in [2.05, 4.69) is 16.9 Å². The molecule has 3 N–H and O–H groups in total. The number of carbonyl (C=O) groups excluding carboxylic acids is 1. The van der Waals surface area contributed by atoms with E-state index in [4.69, 9.17) is 5.73 Å². The quantitative estimate of drug-likeness (QED) is 0.504.